The molecule has 1 N–H and O–H groups in total. The highest BCUT2D eigenvalue weighted by Gasteiger charge is 2.22. The smallest absolute Gasteiger partial charge is 0.180 e. The van der Waals surface area contributed by atoms with Gasteiger partial charge in [-0.3, -0.25) is 4.79 Å². The molecule has 1 saturated carbocycles. The van der Waals surface area contributed by atoms with E-state index in [9.17, 15) is 4.79 Å². The zero-order valence-corrected chi connectivity index (χ0v) is 10.4. The molecule has 2 rings (SSSR count). The first kappa shape index (κ1) is 12.1. The quantitative estimate of drug-likeness (QED) is 0.767. The lowest BCUT2D eigenvalue weighted by Gasteiger charge is -2.13. The van der Waals surface area contributed by atoms with Crippen LogP contribution in [-0.4, -0.2) is 24.5 Å². The van der Waals surface area contributed by atoms with Crippen LogP contribution in [-0.2, 0) is 0 Å². The molecule has 0 aliphatic heterocycles. The summed E-state index contributed by atoms with van der Waals surface area (Å²) in [5.41, 5.74) is 0.675. The molecular formula is C14H19NO2. The summed E-state index contributed by atoms with van der Waals surface area (Å²) in [6.45, 7) is 4.33. The number of carbonyl (C=O) groups is 1. The first-order valence-corrected chi connectivity index (χ1v) is 6.19. The Morgan fingerprint density at radius 1 is 1.41 bits per heavy atom. The molecule has 0 unspecified atom stereocenters. The highest BCUT2D eigenvalue weighted by atomic mass is 16.5. The van der Waals surface area contributed by atoms with Crippen molar-refractivity contribution in [1.82, 2.24) is 5.32 Å². The summed E-state index contributed by atoms with van der Waals surface area (Å²) in [5, 5.41) is 3.23. The van der Waals surface area contributed by atoms with E-state index >= 15 is 0 Å². The number of rotatable bonds is 6. The lowest BCUT2D eigenvalue weighted by Crippen LogP contribution is -2.25. The second kappa shape index (κ2) is 5.32. The van der Waals surface area contributed by atoms with Gasteiger partial charge in [0.05, 0.1) is 18.2 Å². The predicted octanol–water partition coefficient (Wildman–Crippen LogP) is 2.41. The van der Waals surface area contributed by atoms with Gasteiger partial charge in [-0.15, -0.1) is 0 Å². The topological polar surface area (TPSA) is 38.3 Å². The molecule has 92 valence electrons. The lowest BCUT2D eigenvalue weighted by atomic mass is 10.1. The van der Waals surface area contributed by atoms with Crippen LogP contribution in [0.4, 0.5) is 0 Å². The summed E-state index contributed by atoms with van der Waals surface area (Å²) in [4.78, 5) is 12.0. The van der Waals surface area contributed by atoms with Gasteiger partial charge in [-0.2, -0.15) is 0 Å². The van der Waals surface area contributed by atoms with Crippen molar-refractivity contribution in [2.24, 2.45) is 0 Å². The summed E-state index contributed by atoms with van der Waals surface area (Å²) in [6, 6.07) is 8.00. The molecule has 3 nitrogen and oxygen atoms in total. The van der Waals surface area contributed by atoms with Crippen molar-refractivity contribution in [3.63, 3.8) is 0 Å². The Kier molecular flexibility index (Phi) is 3.79. The van der Waals surface area contributed by atoms with E-state index in [4.69, 9.17) is 4.74 Å². The zero-order valence-electron chi connectivity index (χ0n) is 10.4. The summed E-state index contributed by atoms with van der Waals surface area (Å²) in [6.07, 6.45) is 2.47. The van der Waals surface area contributed by atoms with Gasteiger partial charge in [-0.1, -0.05) is 12.1 Å². The van der Waals surface area contributed by atoms with Gasteiger partial charge in [0, 0.05) is 6.04 Å². The van der Waals surface area contributed by atoms with Crippen LogP contribution in [0.2, 0.25) is 0 Å². The summed E-state index contributed by atoms with van der Waals surface area (Å²) in [5.74, 6) is 0.790. The minimum Gasteiger partial charge on any atom is -0.490 e. The molecule has 17 heavy (non-hydrogen) atoms. The van der Waals surface area contributed by atoms with Crippen LogP contribution in [0.5, 0.6) is 5.75 Å². The number of ether oxygens (including phenoxy) is 1. The Labute approximate surface area is 102 Å². The maximum atomic E-state index is 12.0. The van der Waals surface area contributed by atoms with Crippen molar-refractivity contribution in [3.8, 4) is 5.75 Å². The fourth-order valence-electron chi connectivity index (χ4n) is 1.67. The summed E-state index contributed by atoms with van der Waals surface area (Å²) < 4.78 is 5.64. The monoisotopic (exact) mass is 233 g/mol. The van der Waals surface area contributed by atoms with E-state index in [0.29, 0.717) is 23.9 Å². The van der Waals surface area contributed by atoms with Crippen molar-refractivity contribution in [2.75, 3.05) is 6.54 Å². The third-order valence-electron chi connectivity index (χ3n) is 2.68. The van der Waals surface area contributed by atoms with Gasteiger partial charge in [0.25, 0.3) is 0 Å². The molecule has 1 fully saturated rings. The predicted molar refractivity (Wildman–Crippen MR) is 67.6 cm³/mol. The molecule has 0 atom stereocenters. The maximum absolute atomic E-state index is 12.0. The molecule has 1 aliphatic rings. The van der Waals surface area contributed by atoms with Crippen LogP contribution >= 0.6 is 0 Å². The van der Waals surface area contributed by atoms with Crippen molar-refractivity contribution < 1.29 is 9.53 Å². The third-order valence-corrected chi connectivity index (χ3v) is 2.68. The molecule has 0 bridgehead atoms. The number of Topliss-reactive ketones (excluding diaryl/α,β-unsaturated/α-hetero) is 1. The molecule has 0 aromatic heterocycles. The molecule has 3 heteroatoms. The van der Waals surface area contributed by atoms with Crippen molar-refractivity contribution in [1.29, 1.82) is 0 Å². The van der Waals surface area contributed by atoms with Gasteiger partial charge in [0.1, 0.15) is 5.75 Å². The van der Waals surface area contributed by atoms with E-state index in [1.807, 2.05) is 38.1 Å². The molecule has 1 aromatic carbocycles. The van der Waals surface area contributed by atoms with Crippen LogP contribution in [0, 0.1) is 0 Å². The first-order chi connectivity index (χ1) is 8.16. The maximum Gasteiger partial charge on any atom is 0.180 e. The Balaban J connectivity index is 2.03. The fraction of sp³-hybridized carbons (Fsp3) is 0.500. The van der Waals surface area contributed by atoms with Gasteiger partial charge in [0.2, 0.25) is 0 Å². The molecule has 1 aliphatic carbocycles. The molecule has 0 heterocycles. The van der Waals surface area contributed by atoms with Crippen LogP contribution in [0.3, 0.4) is 0 Å². The van der Waals surface area contributed by atoms with Gasteiger partial charge in [0.15, 0.2) is 5.78 Å². The van der Waals surface area contributed by atoms with E-state index in [2.05, 4.69) is 5.32 Å². The molecule has 0 saturated heterocycles. The number of nitrogens with one attached hydrogen (secondary N) is 1. The average molecular weight is 233 g/mol. The number of benzene rings is 1. The Morgan fingerprint density at radius 2 is 2.12 bits per heavy atom. The van der Waals surface area contributed by atoms with Crippen LogP contribution in [0.1, 0.15) is 37.0 Å². The van der Waals surface area contributed by atoms with E-state index in [1.54, 1.807) is 0 Å². The molecule has 0 spiro atoms. The normalized spacial score (nSPS) is 15.0. The SMILES string of the molecule is CC(C)Oc1ccccc1C(=O)CNC1CC1. The van der Waals surface area contributed by atoms with Gasteiger partial charge in [-0.05, 0) is 38.8 Å². The Bertz CT molecular complexity index is 397. The zero-order chi connectivity index (χ0) is 12.3. The molecule has 1 aromatic rings. The average Bonchev–Trinajstić information content (AvgIpc) is 3.09. The highest BCUT2D eigenvalue weighted by molar-refractivity contribution is 6.00. The molecule has 0 radical (unpaired) electrons. The summed E-state index contributed by atoms with van der Waals surface area (Å²) >= 11 is 0. The lowest BCUT2D eigenvalue weighted by molar-refractivity contribution is 0.0985. The third kappa shape index (κ3) is 3.56. The first-order valence-electron chi connectivity index (χ1n) is 6.19. The van der Waals surface area contributed by atoms with E-state index in [1.165, 1.54) is 12.8 Å². The highest BCUT2D eigenvalue weighted by Crippen LogP contribution is 2.21. The minimum absolute atomic E-state index is 0.0836. The number of para-hydroxylation sites is 1. The number of ketones is 1. The second-order valence-electron chi connectivity index (χ2n) is 4.74. The van der Waals surface area contributed by atoms with Crippen LogP contribution < -0.4 is 10.1 Å². The standard InChI is InChI=1S/C14H19NO2/c1-10(2)17-14-6-4-3-5-12(14)13(16)9-15-11-7-8-11/h3-6,10-11,15H,7-9H2,1-2H3. The van der Waals surface area contributed by atoms with Crippen LogP contribution in [0.15, 0.2) is 24.3 Å². The Morgan fingerprint density at radius 3 is 2.76 bits per heavy atom. The number of hydrogen-bond acceptors (Lipinski definition) is 3. The number of hydrogen-bond donors (Lipinski definition) is 1. The van der Waals surface area contributed by atoms with Gasteiger partial charge >= 0.3 is 0 Å². The van der Waals surface area contributed by atoms with Crippen molar-refractivity contribution in [2.45, 2.75) is 38.8 Å². The summed E-state index contributed by atoms with van der Waals surface area (Å²) in [7, 11) is 0. The largest absolute Gasteiger partial charge is 0.490 e. The molecule has 0 amide bonds. The van der Waals surface area contributed by atoms with Crippen molar-refractivity contribution in [3.05, 3.63) is 29.8 Å². The Hall–Kier alpha value is -1.35. The van der Waals surface area contributed by atoms with E-state index < -0.39 is 0 Å². The molecular weight excluding hydrogens is 214 g/mol. The van der Waals surface area contributed by atoms with Crippen molar-refractivity contribution >= 4 is 5.78 Å². The number of carbonyl (C=O) groups excluding carboxylic acids is 1. The van der Waals surface area contributed by atoms with Gasteiger partial charge < -0.3 is 10.1 Å². The van der Waals surface area contributed by atoms with E-state index in [0.717, 1.165) is 0 Å². The van der Waals surface area contributed by atoms with Gasteiger partial charge in [-0.25, -0.2) is 0 Å². The van der Waals surface area contributed by atoms with E-state index in [-0.39, 0.29) is 11.9 Å². The fourth-order valence-corrected chi connectivity index (χ4v) is 1.67. The second-order valence-corrected chi connectivity index (χ2v) is 4.74. The van der Waals surface area contributed by atoms with Crippen LogP contribution in [0.25, 0.3) is 0 Å². The minimum atomic E-state index is 0.0836.